The molecular formula is C14H20BrNO. The highest BCUT2D eigenvalue weighted by atomic mass is 79.9. The Balaban J connectivity index is 1.90. The van der Waals surface area contributed by atoms with Crippen LogP contribution in [0.1, 0.15) is 32.3 Å². The second kappa shape index (κ2) is 5.87. The second-order valence-corrected chi connectivity index (χ2v) is 5.98. The van der Waals surface area contributed by atoms with Gasteiger partial charge in [0.15, 0.2) is 0 Å². The Labute approximate surface area is 112 Å². The van der Waals surface area contributed by atoms with E-state index in [1.807, 2.05) is 0 Å². The van der Waals surface area contributed by atoms with Gasteiger partial charge in [0.1, 0.15) is 5.75 Å². The summed E-state index contributed by atoms with van der Waals surface area (Å²) in [6, 6.07) is 7.09. The predicted octanol–water partition coefficient (Wildman–Crippen LogP) is 3.74. The zero-order chi connectivity index (χ0) is 12.3. The van der Waals surface area contributed by atoms with E-state index in [1.54, 1.807) is 0 Å². The van der Waals surface area contributed by atoms with E-state index >= 15 is 0 Å². The Hall–Kier alpha value is -0.540. The molecule has 0 aliphatic heterocycles. The van der Waals surface area contributed by atoms with Crippen LogP contribution in [0.25, 0.3) is 0 Å². The maximum Gasteiger partial charge on any atom is 0.133 e. The first-order valence-corrected chi connectivity index (χ1v) is 7.09. The minimum atomic E-state index is 0.554. The molecule has 0 atom stereocenters. The van der Waals surface area contributed by atoms with Crippen molar-refractivity contribution < 1.29 is 4.74 Å². The average Bonchev–Trinajstić information content (AvgIpc) is 3.08. The van der Waals surface area contributed by atoms with E-state index in [-0.39, 0.29) is 0 Å². The van der Waals surface area contributed by atoms with Crippen LogP contribution in [0.4, 0.5) is 0 Å². The first kappa shape index (κ1) is 12.9. The molecule has 94 valence electrons. The summed E-state index contributed by atoms with van der Waals surface area (Å²) in [5, 5.41) is 3.51. The van der Waals surface area contributed by atoms with Gasteiger partial charge in [-0.05, 0) is 52.4 Å². The molecule has 3 heteroatoms. The first-order chi connectivity index (χ1) is 8.15. The molecule has 0 saturated heterocycles. The van der Waals surface area contributed by atoms with E-state index < -0.39 is 0 Å². The minimum absolute atomic E-state index is 0.554. The Kier molecular flexibility index (Phi) is 4.46. The van der Waals surface area contributed by atoms with E-state index in [4.69, 9.17) is 4.74 Å². The summed E-state index contributed by atoms with van der Waals surface area (Å²) in [5.74, 6) is 1.49. The maximum atomic E-state index is 5.72. The summed E-state index contributed by atoms with van der Waals surface area (Å²) in [7, 11) is 0. The lowest BCUT2D eigenvalue weighted by Crippen LogP contribution is -2.15. The molecular weight excluding hydrogens is 278 g/mol. The summed E-state index contributed by atoms with van der Waals surface area (Å²) in [5.41, 5.74) is 1.31. The highest BCUT2D eigenvalue weighted by molar-refractivity contribution is 9.10. The topological polar surface area (TPSA) is 21.3 Å². The van der Waals surface area contributed by atoms with E-state index in [0.717, 1.165) is 29.4 Å². The molecule has 1 N–H and O–H groups in total. The van der Waals surface area contributed by atoms with Crippen molar-refractivity contribution in [3.05, 3.63) is 28.2 Å². The lowest BCUT2D eigenvalue weighted by Gasteiger charge is -2.11. The van der Waals surface area contributed by atoms with Gasteiger partial charge in [-0.25, -0.2) is 0 Å². The quantitative estimate of drug-likeness (QED) is 0.864. The van der Waals surface area contributed by atoms with Crippen LogP contribution in [0.2, 0.25) is 0 Å². The van der Waals surface area contributed by atoms with E-state index in [9.17, 15) is 0 Å². The van der Waals surface area contributed by atoms with Crippen LogP contribution >= 0.6 is 15.9 Å². The molecule has 1 aliphatic carbocycles. The zero-order valence-corrected chi connectivity index (χ0v) is 12.1. The van der Waals surface area contributed by atoms with Gasteiger partial charge >= 0.3 is 0 Å². The molecule has 1 aromatic carbocycles. The fourth-order valence-corrected chi connectivity index (χ4v) is 2.12. The number of nitrogens with one attached hydrogen (secondary N) is 1. The van der Waals surface area contributed by atoms with Crippen molar-refractivity contribution >= 4 is 15.9 Å². The van der Waals surface area contributed by atoms with Crippen LogP contribution in [0.15, 0.2) is 22.7 Å². The number of ether oxygens (including phenoxy) is 1. The molecule has 0 aromatic heterocycles. The minimum Gasteiger partial charge on any atom is -0.492 e. The zero-order valence-electron chi connectivity index (χ0n) is 10.5. The SMILES string of the molecule is CC(C)COc1ccc(CNC2CC2)cc1Br. The highest BCUT2D eigenvalue weighted by Crippen LogP contribution is 2.27. The number of halogens is 1. The van der Waals surface area contributed by atoms with Crippen LogP contribution < -0.4 is 10.1 Å². The number of hydrogen-bond donors (Lipinski definition) is 1. The highest BCUT2D eigenvalue weighted by Gasteiger charge is 2.19. The molecule has 17 heavy (non-hydrogen) atoms. The average molecular weight is 298 g/mol. The summed E-state index contributed by atoms with van der Waals surface area (Å²) >= 11 is 3.57. The van der Waals surface area contributed by atoms with Crippen molar-refractivity contribution in [1.82, 2.24) is 5.32 Å². The fourth-order valence-electron chi connectivity index (χ4n) is 1.58. The van der Waals surface area contributed by atoms with Crippen molar-refractivity contribution in [2.24, 2.45) is 5.92 Å². The van der Waals surface area contributed by atoms with Crippen molar-refractivity contribution in [3.63, 3.8) is 0 Å². The van der Waals surface area contributed by atoms with Gasteiger partial charge in [0, 0.05) is 12.6 Å². The normalized spacial score (nSPS) is 15.3. The molecule has 2 nitrogen and oxygen atoms in total. The van der Waals surface area contributed by atoms with Gasteiger partial charge in [-0.3, -0.25) is 0 Å². The molecule has 1 aromatic rings. The van der Waals surface area contributed by atoms with Crippen LogP contribution in [0.5, 0.6) is 5.75 Å². The monoisotopic (exact) mass is 297 g/mol. The molecule has 1 saturated carbocycles. The second-order valence-electron chi connectivity index (χ2n) is 5.12. The van der Waals surface area contributed by atoms with Crippen molar-refractivity contribution in [2.75, 3.05) is 6.61 Å². The van der Waals surface area contributed by atoms with Crippen molar-refractivity contribution in [2.45, 2.75) is 39.3 Å². The summed E-state index contributed by atoms with van der Waals surface area (Å²) in [6.07, 6.45) is 2.66. The van der Waals surface area contributed by atoms with Gasteiger partial charge in [0.25, 0.3) is 0 Å². The Morgan fingerprint density at radius 2 is 2.18 bits per heavy atom. The third-order valence-corrected chi connectivity index (χ3v) is 3.36. The van der Waals surface area contributed by atoms with Crippen molar-refractivity contribution in [3.8, 4) is 5.75 Å². The van der Waals surface area contributed by atoms with Gasteiger partial charge in [-0.2, -0.15) is 0 Å². The molecule has 0 bridgehead atoms. The molecule has 0 spiro atoms. The third kappa shape index (κ3) is 4.32. The van der Waals surface area contributed by atoms with Gasteiger partial charge < -0.3 is 10.1 Å². The van der Waals surface area contributed by atoms with Crippen LogP contribution in [0, 0.1) is 5.92 Å². The van der Waals surface area contributed by atoms with E-state index in [2.05, 4.69) is 53.3 Å². The lowest BCUT2D eigenvalue weighted by molar-refractivity contribution is 0.269. The summed E-state index contributed by atoms with van der Waals surface area (Å²) in [6.45, 7) is 6.02. The van der Waals surface area contributed by atoms with E-state index in [1.165, 1.54) is 18.4 Å². The van der Waals surface area contributed by atoms with Gasteiger partial charge in [0.05, 0.1) is 11.1 Å². The van der Waals surface area contributed by atoms with Gasteiger partial charge in [-0.1, -0.05) is 19.9 Å². The van der Waals surface area contributed by atoms with Gasteiger partial charge in [-0.15, -0.1) is 0 Å². The first-order valence-electron chi connectivity index (χ1n) is 6.30. The Morgan fingerprint density at radius 1 is 1.41 bits per heavy atom. The molecule has 1 fully saturated rings. The van der Waals surface area contributed by atoms with Gasteiger partial charge in [0.2, 0.25) is 0 Å². The third-order valence-electron chi connectivity index (χ3n) is 2.74. The Bertz CT molecular complexity index is 374. The number of benzene rings is 1. The molecule has 0 unspecified atom stereocenters. The van der Waals surface area contributed by atoms with Crippen LogP contribution in [0.3, 0.4) is 0 Å². The standard InChI is InChI=1S/C14H20BrNO/c1-10(2)9-17-14-6-3-11(7-13(14)15)8-16-12-4-5-12/h3,6-7,10,12,16H,4-5,8-9H2,1-2H3. The fraction of sp³-hybridized carbons (Fsp3) is 0.571. The predicted molar refractivity (Wildman–Crippen MR) is 74.3 cm³/mol. The van der Waals surface area contributed by atoms with Crippen LogP contribution in [-0.4, -0.2) is 12.6 Å². The molecule has 0 radical (unpaired) electrons. The summed E-state index contributed by atoms with van der Waals surface area (Å²) in [4.78, 5) is 0. The van der Waals surface area contributed by atoms with Crippen LogP contribution in [-0.2, 0) is 6.54 Å². The molecule has 0 amide bonds. The van der Waals surface area contributed by atoms with E-state index in [0.29, 0.717) is 5.92 Å². The lowest BCUT2D eigenvalue weighted by atomic mass is 10.2. The smallest absolute Gasteiger partial charge is 0.133 e. The Morgan fingerprint density at radius 3 is 2.76 bits per heavy atom. The van der Waals surface area contributed by atoms with Crippen molar-refractivity contribution in [1.29, 1.82) is 0 Å². The maximum absolute atomic E-state index is 5.72. The molecule has 1 aliphatic rings. The molecule has 0 heterocycles. The summed E-state index contributed by atoms with van der Waals surface area (Å²) < 4.78 is 6.77. The molecule has 2 rings (SSSR count). The number of rotatable bonds is 6. The number of hydrogen-bond acceptors (Lipinski definition) is 2. The largest absolute Gasteiger partial charge is 0.492 e.